The van der Waals surface area contributed by atoms with Crippen LogP contribution >= 0.6 is 11.8 Å². The Morgan fingerprint density at radius 1 is 1.14 bits per heavy atom. The summed E-state index contributed by atoms with van der Waals surface area (Å²) in [5.41, 5.74) is 0.760. The number of benzene rings is 1. The first-order valence-corrected chi connectivity index (χ1v) is 11.8. The van der Waals surface area contributed by atoms with Gasteiger partial charge >= 0.3 is 0 Å². The molecule has 0 saturated carbocycles. The Labute approximate surface area is 169 Å². The van der Waals surface area contributed by atoms with E-state index in [1.165, 1.54) is 4.90 Å². The maximum Gasteiger partial charge on any atom is 0.289 e. The van der Waals surface area contributed by atoms with Gasteiger partial charge < -0.3 is 4.90 Å². The maximum atomic E-state index is 12.6. The Kier molecular flexibility index (Phi) is 6.14. The van der Waals surface area contributed by atoms with E-state index < -0.39 is 15.1 Å². The van der Waals surface area contributed by atoms with Crippen molar-refractivity contribution in [1.82, 2.24) is 9.80 Å². The van der Waals surface area contributed by atoms with Crippen molar-refractivity contribution >= 4 is 38.7 Å². The van der Waals surface area contributed by atoms with Gasteiger partial charge in [-0.25, -0.2) is 8.42 Å². The van der Waals surface area contributed by atoms with Crippen LogP contribution in [0.15, 0.2) is 29.2 Å². The van der Waals surface area contributed by atoms with Crippen LogP contribution in [0, 0.1) is 0 Å². The highest BCUT2D eigenvalue weighted by Gasteiger charge is 2.37. The third-order valence-corrected chi connectivity index (χ3v) is 8.20. The molecule has 1 aromatic carbocycles. The highest BCUT2D eigenvalue weighted by molar-refractivity contribution is 8.14. The van der Waals surface area contributed by atoms with E-state index in [9.17, 15) is 22.8 Å². The summed E-state index contributed by atoms with van der Waals surface area (Å²) in [7, 11) is -3.32. The second-order valence-electron chi connectivity index (χ2n) is 7.34. The van der Waals surface area contributed by atoms with E-state index in [1.807, 2.05) is 0 Å². The maximum absolute atomic E-state index is 12.6. The molecule has 2 aliphatic rings. The molecule has 0 aromatic heterocycles. The minimum absolute atomic E-state index is 0.0358. The average molecular weight is 425 g/mol. The van der Waals surface area contributed by atoms with E-state index in [2.05, 4.69) is 0 Å². The molecule has 0 aliphatic carbocycles. The molecule has 2 fully saturated rings. The summed E-state index contributed by atoms with van der Waals surface area (Å²) in [6.45, 7) is 4.28. The molecule has 0 radical (unpaired) electrons. The second-order valence-corrected chi connectivity index (χ2v) is 10.8. The minimum atomic E-state index is -3.32. The zero-order valence-electron chi connectivity index (χ0n) is 16.0. The van der Waals surface area contributed by atoms with Gasteiger partial charge in [0.2, 0.25) is 11.8 Å². The lowest BCUT2D eigenvalue weighted by molar-refractivity contribution is -0.132. The zero-order valence-corrected chi connectivity index (χ0v) is 17.6. The lowest BCUT2D eigenvalue weighted by Gasteiger charge is -2.35. The second kappa shape index (κ2) is 8.24. The van der Waals surface area contributed by atoms with Crippen LogP contribution in [0.1, 0.15) is 32.3 Å². The summed E-state index contributed by atoms with van der Waals surface area (Å²) in [5.74, 6) is 0.0307. The number of rotatable bonds is 5. The predicted molar refractivity (Wildman–Crippen MR) is 107 cm³/mol. The summed E-state index contributed by atoms with van der Waals surface area (Å²) in [6, 6.07) is 6.33. The Hall–Kier alpha value is -1.87. The summed E-state index contributed by atoms with van der Waals surface area (Å²) >= 11 is 1.03. The number of sulfone groups is 1. The minimum Gasteiger partial charge on any atom is -0.342 e. The number of hydrogen-bond donors (Lipinski definition) is 0. The molecule has 2 aliphatic heterocycles. The number of piperidine rings is 1. The molecule has 0 bridgehead atoms. The monoisotopic (exact) mass is 424 g/mol. The fourth-order valence-corrected chi connectivity index (χ4v) is 5.28. The van der Waals surface area contributed by atoms with Crippen molar-refractivity contribution in [2.24, 2.45) is 0 Å². The van der Waals surface area contributed by atoms with Gasteiger partial charge in [0.1, 0.15) is 0 Å². The van der Waals surface area contributed by atoms with E-state index >= 15 is 0 Å². The summed E-state index contributed by atoms with van der Waals surface area (Å²) in [6.07, 6.45) is 1.38. The first kappa shape index (κ1) is 20.9. The molecule has 2 saturated heterocycles. The van der Waals surface area contributed by atoms with Crippen molar-refractivity contribution in [2.75, 3.05) is 18.8 Å². The quantitative estimate of drug-likeness (QED) is 0.719. The largest absolute Gasteiger partial charge is 0.342 e. The van der Waals surface area contributed by atoms with Crippen LogP contribution in [0.4, 0.5) is 4.79 Å². The molecule has 0 N–H and O–H groups in total. The summed E-state index contributed by atoms with van der Waals surface area (Å²) < 4.78 is 24.3. The van der Waals surface area contributed by atoms with Crippen molar-refractivity contribution in [3.63, 3.8) is 0 Å². The standard InChI is InChI=1S/C19H24N2O5S2/c1-13(2)28(25,26)16-5-3-14(4-6-16)11-17(22)20-9-7-15(8-10-20)21-18(23)12-27-19(21)24/h3-6,13,15H,7-12H2,1-2H3. The number of amides is 3. The molecule has 7 nitrogen and oxygen atoms in total. The zero-order chi connectivity index (χ0) is 20.5. The third kappa shape index (κ3) is 4.25. The van der Waals surface area contributed by atoms with Gasteiger partial charge in [-0.05, 0) is 44.4 Å². The van der Waals surface area contributed by atoms with Crippen LogP contribution in [-0.4, -0.2) is 65.4 Å². The Bertz CT molecular complexity index is 856. The lowest BCUT2D eigenvalue weighted by Crippen LogP contribution is -2.48. The molecule has 0 atom stereocenters. The number of carbonyl (C=O) groups excluding carboxylic acids is 3. The van der Waals surface area contributed by atoms with Gasteiger partial charge in [-0.15, -0.1) is 0 Å². The molecule has 0 spiro atoms. The van der Waals surface area contributed by atoms with Gasteiger partial charge in [0.15, 0.2) is 9.84 Å². The predicted octanol–water partition coefficient (Wildman–Crippen LogP) is 2.10. The fourth-order valence-electron chi connectivity index (χ4n) is 3.45. The first-order valence-electron chi connectivity index (χ1n) is 9.29. The average Bonchev–Trinajstić information content (AvgIpc) is 3.00. The van der Waals surface area contributed by atoms with Crippen molar-refractivity contribution in [3.05, 3.63) is 29.8 Å². The van der Waals surface area contributed by atoms with Crippen molar-refractivity contribution in [1.29, 1.82) is 0 Å². The van der Waals surface area contributed by atoms with E-state index in [0.29, 0.717) is 25.9 Å². The first-order chi connectivity index (χ1) is 13.2. The van der Waals surface area contributed by atoms with Crippen molar-refractivity contribution < 1.29 is 22.8 Å². The SMILES string of the molecule is CC(C)S(=O)(=O)c1ccc(CC(=O)N2CCC(N3C(=O)CSC3=O)CC2)cc1. The van der Waals surface area contributed by atoms with E-state index in [1.54, 1.807) is 43.0 Å². The number of likely N-dealkylation sites (tertiary alicyclic amines) is 1. The molecule has 3 rings (SSSR count). The van der Waals surface area contributed by atoms with Gasteiger partial charge in [0.05, 0.1) is 22.3 Å². The number of thioether (sulfide) groups is 1. The van der Waals surface area contributed by atoms with Crippen molar-refractivity contribution in [3.8, 4) is 0 Å². The molecular formula is C19H24N2O5S2. The smallest absolute Gasteiger partial charge is 0.289 e. The summed E-state index contributed by atoms with van der Waals surface area (Å²) in [4.78, 5) is 39.6. The Balaban J connectivity index is 1.56. The summed E-state index contributed by atoms with van der Waals surface area (Å²) in [5, 5.41) is -0.680. The molecule has 9 heteroatoms. The van der Waals surface area contributed by atoms with Crippen LogP contribution in [-0.2, 0) is 25.8 Å². The van der Waals surface area contributed by atoms with E-state index in [-0.39, 0.29) is 40.2 Å². The molecule has 1 aromatic rings. The molecule has 2 heterocycles. The molecule has 28 heavy (non-hydrogen) atoms. The molecule has 152 valence electrons. The van der Waals surface area contributed by atoms with Gasteiger partial charge in [-0.3, -0.25) is 19.3 Å². The Morgan fingerprint density at radius 2 is 1.75 bits per heavy atom. The normalized spacial score (nSPS) is 19.0. The van der Waals surface area contributed by atoms with E-state index in [0.717, 1.165) is 17.3 Å². The third-order valence-electron chi connectivity index (χ3n) is 5.19. The number of hydrogen-bond acceptors (Lipinski definition) is 6. The van der Waals surface area contributed by atoms with Crippen LogP contribution in [0.3, 0.4) is 0 Å². The van der Waals surface area contributed by atoms with Gasteiger partial charge in [-0.1, -0.05) is 23.9 Å². The highest BCUT2D eigenvalue weighted by Crippen LogP contribution is 2.27. The number of imide groups is 1. The fraction of sp³-hybridized carbons (Fsp3) is 0.526. The van der Waals surface area contributed by atoms with Crippen LogP contribution in [0.5, 0.6) is 0 Å². The highest BCUT2D eigenvalue weighted by atomic mass is 32.2. The van der Waals surface area contributed by atoms with Crippen LogP contribution < -0.4 is 0 Å². The van der Waals surface area contributed by atoms with Crippen LogP contribution in [0.2, 0.25) is 0 Å². The molecular weight excluding hydrogens is 400 g/mol. The van der Waals surface area contributed by atoms with Gasteiger partial charge in [-0.2, -0.15) is 0 Å². The number of nitrogens with zero attached hydrogens (tertiary/aromatic N) is 2. The Morgan fingerprint density at radius 3 is 2.25 bits per heavy atom. The number of carbonyl (C=O) groups is 3. The van der Waals surface area contributed by atoms with Gasteiger partial charge in [0.25, 0.3) is 5.24 Å². The van der Waals surface area contributed by atoms with Crippen molar-refractivity contribution in [2.45, 2.75) is 49.3 Å². The topological polar surface area (TPSA) is 91.8 Å². The van der Waals surface area contributed by atoms with Crippen LogP contribution in [0.25, 0.3) is 0 Å². The van der Waals surface area contributed by atoms with Gasteiger partial charge in [0, 0.05) is 19.1 Å². The molecule has 3 amide bonds. The van der Waals surface area contributed by atoms with E-state index in [4.69, 9.17) is 0 Å². The molecule has 0 unspecified atom stereocenters. The lowest BCUT2D eigenvalue weighted by atomic mass is 10.0.